The zero-order chi connectivity index (χ0) is 20.7. The van der Waals surface area contributed by atoms with Crippen LogP contribution in [-0.4, -0.2) is 36.8 Å². The van der Waals surface area contributed by atoms with Crippen molar-refractivity contribution in [1.29, 1.82) is 0 Å². The Morgan fingerprint density at radius 1 is 1.29 bits per heavy atom. The summed E-state index contributed by atoms with van der Waals surface area (Å²) in [4.78, 5) is 36.1. The van der Waals surface area contributed by atoms with Crippen LogP contribution in [0.2, 0.25) is 0 Å². The number of methoxy groups -OCH3 is 1. The van der Waals surface area contributed by atoms with Crippen LogP contribution in [0, 0.1) is 0 Å². The number of para-hydroxylation sites is 1. The number of nitrogens with zero attached hydrogens (tertiary/aromatic N) is 1. The summed E-state index contributed by atoms with van der Waals surface area (Å²) in [5, 5.41) is 0. The Hall–Kier alpha value is -3.01. The minimum Gasteiger partial charge on any atom is -0.468 e. The van der Waals surface area contributed by atoms with Crippen LogP contribution in [0.4, 0.5) is 8.78 Å². The standard InChI is InChI=1S/C18H17F2NO6S/c1-3-26-15(22)9-14-21(10-16(23)25-2)17(24)13(28-14)8-11-6-4-5-7-12(11)27-18(19)20/h4-9,18H,3,10H2,1-2H3/b13-8-,14-9-. The smallest absolute Gasteiger partial charge is 0.387 e. The Bertz CT molecular complexity index is 1030. The lowest BCUT2D eigenvalue weighted by atomic mass is 10.2. The van der Waals surface area contributed by atoms with Crippen LogP contribution in [0.1, 0.15) is 12.5 Å². The molecule has 0 radical (unpaired) electrons. The molecule has 0 aliphatic heterocycles. The molecule has 0 bridgehead atoms. The zero-order valence-corrected chi connectivity index (χ0v) is 15.8. The maximum absolute atomic E-state index is 12.7. The lowest BCUT2D eigenvalue weighted by Crippen LogP contribution is -2.34. The van der Waals surface area contributed by atoms with Crippen molar-refractivity contribution in [3.63, 3.8) is 0 Å². The summed E-state index contributed by atoms with van der Waals surface area (Å²) in [6.45, 7) is -1.68. The highest BCUT2D eigenvalue weighted by molar-refractivity contribution is 7.07. The SMILES string of the molecule is CCOC(=O)/C=c1\s/c(=C\c2ccccc2OC(F)F)c(=O)n1CC(=O)OC. The first-order valence-corrected chi connectivity index (χ1v) is 8.87. The molecule has 2 rings (SSSR count). The van der Waals surface area contributed by atoms with Gasteiger partial charge in [0.15, 0.2) is 0 Å². The average molecular weight is 413 g/mol. The predicted octanol–water partition coefficient (Wildman–Crippen LogP) is 0.857. The lowest BCUT2D eigenvalue weighted by Gasteiger charge is -2.06. The molecule has 2 aromatic rings. The van der Waals surface area contributed by atoms with Gasteiger partial charge in [-0.05, 0) is 19.1 Å². The van der Waals surface area contributed by atoms with Crippen molar-refractivity contribution in [2.45, 2.75) is 20.1 Å². The Morgan fingerprint density at radius 2 is 2.00 bits per heavy atom. The summed E-state index contributed by atoms with van der Waals surface area (Å²) in [6.07, 6.45) is 2.43. The molecular formula is C18H17F2NO6S. The van der Waals surface area contributed by atoms with Gasteiger partial charge in [0, 0.05) is 5.56 Å². The summed E-state index contributed by atoms with van der Waals surface area (Å²) in [6, 6.07) is 5.94. The van der Waals surface area contributed by atoms with Crippen LogP contribution in [0.5, 0.6) is 5.75 Å². The molecule has 1 heterocycles. The van der Waals surface area contributed by atoms with Crippen molar-refractivity contribution in [2.75, 3.05) is 13.7 Å². The van der Waals surface area contributed by atoms with Gasteiger partial charge in [-0.3, -0.25) is 14.2 Å². The van der Waals surface area contributed by atoms with Gasteiger partial charge in [-0.1, -0.05) is 18.2 Å². The van der Waals surface area contributed by atoms with Crippen molar-refractivity contribution < 1.29 is 32.6 Å². The number of hydrogen-bond acceptors (Lipinski definition) is 7. The number of benzene rings is 1. The maximum Gasteiger partial charge on any atom is 0.387 e. The monoisotopic (exact) mass is 413 g/mol. The van der Waals surface area contributed by atoms with Gasteiger partial charge in [0.05, 0.1) is 24.3 Å². The van der Waals surface area contributed by atoms with E-state index in [1.54, 1.807) is 13.0 Å². The zero-order valence-electron chi connectivity index (χ0n) is 15.0. The van der Waals surface area contributed by atoms with E-state index in [1.165, 1.54) is 31.4 Å². The highest BCUT2D eigenvalue weighted by Crippen LogP contribution is 2.20. The van der Waals surface area contributed by atoms with Gasteiger partial charge in [-0.25, -0.2) is 4.79 Å². The van der Waals surface area contributed by atoms with E-state index in [0.717, 1.165) is 22.0 Å². The van der Waals surface area contributed by atoms with E-state index in [2.05, 4.69) is 9.47 Å². The number of rotatable bonds is 7. The molecule has 0 atom stereocenters. The Kier molecular flexibility index (Phi) is 7.44. The summed E-state index contributed by atoms with van der Waals surface area (Å²) in [7, 11) is 1.17. The quantitative estimate of drug-likeness (QED) is 0.626. The van der Waals surface area contributed by atoms with Crippen LogP contribution < -0.4 is 19.5 Å². The molecule has 0 spiro atoms. The van der Waals surface area contributed by atoms with Gasteiger partial charge < -0.3 is 14.2 Å². The molecule has 0 fully saturated rings. The topological polar surface area (TPSA) is 83.8 Å². The summed E-state index contributed by atoms with van der Waals surface area (Å²) < 4.78 is 40.3. The molecule has 10 heteroatoms. The van der Waals surface area contributed by atoms with E-state index in [0.29, 0.717) is 0 Å². The molecule has 0 N–H and O–H groups in total. The van der Waals surface area contributed by atoms with Crippen LogP contribution >= 0.6 is 11.3 Å². The van der Waals surface area contributed by atoms with Crippen molar-refractivity contribution in [3.05, 3.63) is 49.4 Å². The van der Waals surface area contributed by atoms with Gasteiger partial charge in [0.1, 0.15) is 17.0 Å². The van der Waals surface area contributed by atoms with E-state index in [-0.39, 0.29) is 27.1 Å². The highest BCUT2D eigenvalue weighted by atomic mass is 32.1. The predicted molar refractivity (Wildman–Crippen MR) is 97.6 cm³/mol. The lowest BCUT2D eigenvalue weighted by molar-refractivity contribution is -0.141. The molecule has 7 nitrogen and oxygen atoms in total. The van der Waals surface area contributed by atoms with E-state index in [1.807, 2.05) is 0 Å². The van der Waals surface area contributed by atoms with E-state index >= 15 is 0 Å². The summed E-state index contributed by atoms with van der Waals surface area (Å²) in [5.41, 5.74) is -0.341. The van der Waals surface area contributed by atoms with Crippen LogP contribution in [0.25, 0.3) is 12.2 Å². The molecule has 0 amide bonds. The van der Waals surface area contributed by atoms with Gasteiger partial charge >= 0.3 is 18.6 Å². The first-order valence-electron chi connectivity index (χ1n) is 8.06. The van der Waals surface area contributed by atoms with Crippen molar-refractivity contribution in [2.24, 2.45) is 0 Å². The van der Waals surface area contributed by atoms with Crippen LogP contribution in [0.3, 0.4) is 0 Å². The second-order valence-electron chi connectivity index (χ2n) is 5.23. The molecule has 0 saturated heterocycles. The first kappa shape index (κ1) is 21.3. The number of aromatic nitrogens is 1. The number of halogens is 2. The molecule has 1 aromatic heterocycles. The van der Waals surface area contributed by atoms with E-state index in [9.17, 15) is 23.2 Å². The molecular weight excluding hydrogens is 396 g/mol. The van der Waals surface area contributed by atoms with E-state index in [4.69, 9.17) is 4.74 Å². The summed E-state index contributed by atoms with van der Waals surface area (Å²) in [5.74, 6) is -1.48. The molecule has 28 heavy (non-hydrogen) atoms. The largest absolute Gasteiger partial charge is 0.468 e. The number of carbonyl (C=O) groups is 2. The minimum absolute atomic E-state index is 0.110. The Balaban J connectivity index is 2.63. The molecule has 0 aliphatic carbocycles. The molecule has 0 unspecified atom stereocenters. The normalized spacial score (nSPS) is 12.3. The van der Waals surface area contributed by atoms with Crippen molar-refractivity contribution in [1.82, 2.24) is 4.57 Å². The molecule has 1 aromatic carbocycles. The van der Waals surface area contributed by atoms with Crippen molar-refractivity contribution in [3.8, 4) is 5.75 Å². The number of alkyl halides is 2. The van der Waals surface area contributed by atoms with Gasteiger partial charge in [0.25, 0.3) is 5.56 Å². The first-order chi connectivity index (χ1) is 13.3. The molecule has 0 saturated carbocycles. The molecule has 150 valence electrons. The maximum atomic E-state index is 12.7. The second-order valence-corrected chi connectivity index (χ2v) is 6.29. The van der Waals surface area contributed by atoms with E-state index < -0.39 is 30.7 Å². The third-order valence-electron chi connectivity index (χ3n) is 3.40. The van der Waals surface area contributed by atoms with Crippen LogP contribution in [-0.2, 0) is 25.6 Å². The van der Waals surface area contributed by atoms with Gasteiger partial charge in [0.2, 0.25) is 0 Å². The number of thiazole rings is 1. The van der Waals surface area contributed by atoms with Crippen LogP contribution in [0.15, 0.2) is 29.1 Å². The average Bonchev–Trinajstić information content (AvgIpc) is 2.91. The fraction of sp³-hybridized carbons (Fsp3) is 0.278. The summed E-state index contributed by atoms with van der Waals surface area (Å²) >= 11 is 0.903. The fourth-order valence-electron chi connectivity index (χ4n) is 2.22. The number of ether oxygens (including phenoxy) is 3. The molecule has 0 aliphatic rings. The second kappa shape index (κ2) is 9.79. The third kappa shape index (κ3) is 5.49. The Morgan fingerprint density at radius 3 is 2.64 bits per heavy atom. The third-order valence-corrected chi connectivity index (χ3v) is 4.46. The fourth-order valence-corrected chi connectivity index (χ4v) is 3.24. The number of hydrogen-bond donors (Lipinski definition) is 0. The van der Waals surface area contributed by atoms with Crippen molar-refractivity contribution >= 4 is 35.4 Å². The minimum atomic E-state index is -3.03. The van der Waals surface area contributed by atoms with Gasteiger partial charge in [-0.15, -0.1) is 11.3 Å². The Labute approximate surface area is 162 Å². The van der Waals surface area contributed by atoms with Gasteiger partial charge in [-0.2, -0.15) is 8.78 Å². The highest BCUT2D eigenvalue weighted by Gasteiger charge is 2.13. The number of esters is 2. The number of carbonyl (C=O) groups excluding carboxylic acids is 2.